The predicted octanol–water partition coefficient (Wildman–Crippen LogP) is 3.80. The zero-order chi connectivity index (χ0) is 23.0. The molecule has 0 bridgehead atoms. The van der Waals surface area contributed by atoms with E-state index in [0.717, 1.165) is 16.7 Å². The number of hydrogen-bond acceptors (Lipinski definition) is 4. The number of fused-ring (bicyclic) bond motifs is 1. The Morgan fingerprint density at radius 3 is 2.62 bits per heavy atom. The van der Waals surface area contributed by atoms with Crippen LogP contribution in [0.15, 0.2) is 66.0 Å². The van der Waals surface area contributed by atoms with Crippen LogP contribution in [0, 0.1) is 5.82 Å². The van der Waals surface area contributed by atoms with E-state index < -0.39 is 11.7 Å². The minimum atomic E-state index is -0.394. The second-order valence-corrected chi connectivity index (χ2v) is 7.60. The van der Waals surface area contributed by atoms with Gasteiger partial charge in [0.2, 0.25) is 0 Å². The van der Waals surface area contributed by atoms with Gasteiger partial charge in [-0.05, 0) is 55.0 Å². The van der Waals surface area contributed by atoms with Crippen molar-refractivity contribution < 1.29 is 9.18 Å². The molecule has 0 radical (unpaired) electrons. The van der Waals surface area contributed by atoms with Crippen molar-refractivity contribution in [2.24, 2.45) is 0 Å². The lowest BCUT2D eigenvalue weighted by atomic mass is 10.1. The topological polar surface area (TPSA) is 97.0 Å². The number of nitrogens with two attached hydrogens (primary N) is 1. The number of anilines is 2. The molecule has 7 nitrogen and oxygen atoms in total. The van der Waals surface area contributed by atoms with Gasteiger partial charge in [0.25, 0.3) is 11.5 Å². The first-order valence-corrected chi connectivity index (χ1v) is 9.92. The Labute approximate surface area is 183 Å². The lowest BCUT2D eigenvalue weighted by molar-refractivity contribution is 0.0983. The first kappa shape index (κ1) is 21.0. The number of amides is 1. The third kappa shape index (κ3) is 3.90. The van der Waals surface area contributed by atoms with Gasteiger partial charge in [-0.3, -0.25) is 14.2 Å². The summed E-state index contributed by atoms with van der Waals surface area (Å²) >= 11 is 0. The second-order valence-electron chi connectivity index (χ2n) is 7.60. The summed E-state index contributed by atoms with van der Waals surface area (Å²) in [6.45, 7) is 5.90. The van der Waals surface area contributed by atoms with E-state index in [-0.39, 0.29) is 17.8 Å². The minimum Gasteiger partial charge on any atom is -0.383 e. The molecule has 0 spiro atoms. The Kier molecular flexibility index (Phi) is 5.36. The normalized spacial score (nSPS) is 11.0. The third-order valence-corrected chi connectivity index (χ3v) is 5.26. The Hall–Kier alpha value is -4.20. The molecule has 0 aliphatic rings. The molecule has 162 valence electrons. The van der Waals surface area contributed by atoms with Crippen LogP contribution in [-0.2, 0) is 6.54 Å². The molecule has 3 N–H and O–H groups in total. The number of carbonyl (C=O) groups excluding carboxylic acids is 1. The van der Waals surface area contributed by atoms with E-state index in [4.69, 9.17) is 5.73 Å². The zero-order valence-corrected chi connectivity index (χ0v) is 17.7. The standard InChI is InChI=1S/C24H22FN5O2/c1-14(2)18-12-20-19(28-23(18)26)11-16(27-20)13-30-21(5-4-6-22(30)31)24(32)29(3)17-9-7-15(25)8-10-17/h4-12,27H,1,13H2,2-3H3,(H2,26,28). The maximum absolute atomic E-state index is 13.2. The van der Waals surface area contributed by atoms with Gasteiger partial charge in [0.15, 0.2) is 0 Å². The summed E-state index contributed by atoms with van der Waals surface area (Å²) in [6.07, 6.45) is 0. The number of aromatic amines is 1. The SMILES string of the molecule is C=C(C)c1cc2[nH]c(Cn3c(C(=O)N(C)c4ccc(F)cc4)cccc3=O)cc2nc1N. The number of H-pyrrole nitrogens is 1. The van der Waals surface area contributed by atoms with Crippen molar-refractivity contribution in [1.82, 2.24) is 14.5 Å². The summed E-state index contributed by atoms with van der Waals surface area (Å²) in [7, 11) is 1.58. The van der Waals surface area contributed by atoms with Gasteiger partial charge < -0.3 is 15.6 Å². The number of halogens is 1. The number of aromatic nitrogens is 3. The van der Waals surface area contributed by atoms with Gasteiger partial charge >= 0.3 is 0 Å². The van der Waals surface area contributed by atoms with Crippen LogP contribution in [0.25, 0.3) is 16.6 Å². The van der Waals surface area contributed by atoms with Crippen molar-refractivity contribution in [2.45, 2.75) is 13.5 Å². The molecular weight excluding hydrogens is 409 g/mol. The maximum Gasteiger partial charge on any atom is 0.274 e. The monoisotopic (exact) mass is 431 g/mol. The van der Waals surface area contributed by atoms with Gasteiger partial charge in [0, 0.05) is 30.1 Å². The van der Waals surface area contributed by atoms with Gasteiger partial charge in [-0.25, -0.2) is 9.37 Å². The van der Waals surface area contributed by atoms with E-state index in [2.05, 4.69) is 16.5 Å². The highest BCUT2D eigenvalue weighted by Gasteiger charge is 2.19. The summed E-state index contributed by atoms with van der Waals surface area (Å²) in [6, 6.07) is 13.7. The van der Waals surface area contributed by atoms with E-state index >= 15 is 0 Å². The number of benzene rings is 1. The number of nitrogen functional groups attached to an aromatic ring is 1. The van der Waals surface area contributed by atoms with Gasteiger partial charge in [-0.1, -0.05) is 12.6 Å². The molecule has 0 aliphatic carbocycles. The van der Waals surface area contributed by atoms with Crippen molar-refractivity contribution >= 4 is 34.0 Å². The van der Waals surface area contributed by atoms with Crippen LogP contribution in [0.4, 0.5) is 15.9 Å². The average molecular weight is 431 g/mol. The number of nitrogens with zero attached hydrogens (tertiary/aromatic N) is 3. The van der Waals surface area contributed by atoms with Crippen molar-refractivity contribution in [3.63, 3.8) is 0 Å². The van der Waals surface area contributed by atoms with Gasteiger partial charge in [0.1, 0.15) is 17.3 Å². The summed E-state index contributed by atoms with van der Waals surface area (Å²) in [5.41, 5.74) is 10.1. The number of nitrogens with one attached hydrogen (secondary N) is 1. The highest BCUT2D eigenvalue weighted by molar-refractivity contribution is 6.04. The molecule has 32 heavy (non-hydrogen) atoms. The van der Waals surface area contributed by atoms with Gasteiger partial charge in [-0.2, -0.15) is 0 Å². The number of carbonyl (C=O) groups is 1. The Morgan fingerprint density at radius 1 is 1.22 bits per heavy atom. The first-order chi connectivity index (χ1) is 15.2. The molecule has 0 saturated heterocycles. The molecule has 1 aromatic carbocycles. The van der Waals surface area contributed by atoms with Crippen molar-refractivity contribution in [2.75, 3.05) is 17.7 Å². The molecule has 4 rings (SSSR count). The molecule has 3 heterocycles. The molecule has 3 aromatic heterocycles. The lowest BCUT2D eigenvalue weighted by Gasteiger charge is -2.20. The summed E-state index contributed by atoms with van der Waals surface area (Å²) in [4.78, 5) is 34.8. The minimum absolute atomic E-state index is 0.136. The Morgan fingerprint density at radius 2 is 1.94 bits per heavy atom. The van der Waals surface area contributed by atoms with E-state index in [9.17, 15) is 14.0 Å². The summed E-state index contributed by atoms with van der Waals surface area (Å²) in [5.74, 6) is -0.407. The van der Waals surface area contributed by atoms with Crippen LogP contribution in [0.2, 0.25) is 0 Å². The lowest BCUT2D eigenvalue weighted by Crippen LogP contribution is -2.33. The van der Waals surface area contributed by atoms with E-state index in [1.54, 1.807) is 19.2 Å². The third-order valence-electron chi connectivity index (χ3n) is 5.26. The molecule has 0 aliphatic heterocycles. The Balaban J connectivity index is 1.71. The highest BCUT2D eigenvalue weighted by Crippen LogP contribution is 2.24. The number of hydrogen-bond donors (Lipinski definition) is 2. The zero-order valence-electron chi connectivity index (χ0n) is 17.7. The molecule has 0 saturated carbocycles. The summed E-state index contributed by atoms with van der Waals surface area (Å²) < 4.78 is 14.6. The van der Waals surface area contributed by atoms with Crippen LogP contribution in [-0.4, -0.2) is 27.5 Å². The average Bonchev–Trinajstić information content (AvgIpc) is 3.15. The first-order valence-electron chi connectivity index (χ1n) is 9.92. The predicted molar refractivity (Wildman–Crippen MR) is 124 cm³/mol. The highest BCUT2D eigenvalue weighted by atomic mass is 19.1. The molecule has 8 heteroatoms. The molecule has 0 atom stereocenters. The molecule has 1 amide bonds. The van der Waals surface area contributed by atoms with Crippen LogP contribution in [0.5, 0.6) is 0 Å². The quantitative estimate of drug-likeness (QED) is 0.502. The number of allylic oxidation sites excluding steroid dienone is 1. The molecule has 4 aromatic rings. The van der Waals surface area contributed by atoms with Crippen LogP contribution >= 0.6 is 0 Å². The van der Waals surface area contributed by atoms with Crippen LogP contribution < -0.4 is 16.2 Å². The number of rotatable bonds is 5. The number of pyridine rings is 2. The Bertz CT molecular complexity index is 1400. The van der Waals surface area contributed by atoms with Crippen molar-refractivity contribution in [1.29, 1.82) is 0 Å². The van der Waals surface area contributed by atoms with Crippen LogP contribution in [0.3, 0.4) is 0 Å². The van der Waals surface area contributed by atoms with E-state index in [0.29, 0.717) is 22.7 Å². The van der Waals surface area contributed by atoms with Crippen molar-refractivity contribution in [3.05, 3.63) is 94.3 Å². The second kappa shape index (κ2) is 8.14. The van der Waals surface area contributed by atoms with E-state index in [1.807, 2.05) is 13.0 Å². The van der Waals surface area contributed by atoms with Crippen molar-refractivity contribution in [3.8, 4) is 0 Å². The fourth-order valence-electron chi connectivity index (χ4n) is 3.55. The molecule has 0 fully saturated rings. The fraction of sp³-hybridized carbons (Fsp3) is 0.125. The van der Waals surface area contributed by atoms with Gasteiger partial charge in [-0.15, -0.1) is 0 Å². The fourth-order valence-corrected chi connectivity index (χ4v) is 3.55. The van der Waals surface area contributed by atoms with Crippen LogP contribution in [0.1, 0.15) is 28.7 Å². The molecule has 0 unspecified atom stereocenters. The van der Waals surface area contributed by atoms with Gasteiger partial charge in [0.05, 0.1) is 17.6 Å². The smallest absolute Gasteiger partial charge is 0.274 e. The molecular formula is C24H22FN5O2. The largest absolute Gasteiger partial charge is 0.383 e. The summed E-state index contributed by atoms with van der Waals surface area (Å²) in [5, 5.41) is 0. The van der Waals surface area contributed by atoms with E-state index in [1.165, 1.54) is 45.9 Å². The maximum atomic E-state index is 13.2.